The van der Waals surface area contributed by atoms with Crippen molar-refractivity contribution in [3.05, 3.63) is 0 Å². The first-order chi connectivity index (χ1) is 7.13. The van der Waals surface area contributed by atoms with E-state index in [4.69, 9.17) is 0 Å². The third-order valence-corrected chi connectivity index (χ3v) is 7.07. The average molecular weight is 278 g/mol. The molecule has 0 aromatic carbocycles. The molecule has 0 amide bonds. The standard InChI is InChI=1S/C9H15F5O2Si/c1-7(2,3)17(4,5)16-6(15)8(10,11)9(12,13)14/h1-5H3. The summed E-state index contributed by atoms with van der Waals surface area (Å²) in [5.74, 6) is -7.97. The largest absolute Gasteiger partial charge is 0.514 e. The molecule has 17 heavy (non-hydrogen) atoms. The molecule has 0 aliphatic heterocycles. The van der Waals surface area contributed by atoms with Crippen LogP contribution in [0.4, 0.5) is 22.0 Å². The third-order valence-electron chi connectivity index (χ3n) is 2.77. The summed E-state index contributed by atoms with van der Waals surface area (Å²) in [6.45, 7) is 7.70. The third kappa shape index (κ3) is 3.40. The Morgan fingerprint density at radius 2 is 1.35 bits per heavy atom. The molecule has 0 heterocycles. The summed E-state index contributed by atoms with van der Waals surface area (Å²) in [7, 11) is -2.99. The molecule has 0 aromatic rings. The van der Waals surface area contributed by atoms with Crippen molar-refractivity contribution in [2.75, 3.05) is 0 Å². The van der Waals surface area contributed by atoms with Gasteiger partial charge in [-0.3, -0.25) is 0 Å². The van der Waals surface area contributed by atoms with Crippen molar-refractivity contribution in [2.24, 2.45) is 0 Å². The van der Waals surface area contributed by atoms with Gasteiger partial charge >= 0.3 is 18.1 Å². The second kappa shape index (κ2) is 4.22. The van der Waals surface area contributed by atoms with Crippen molar-refractivity contribution in [1.82, 2.24) is 0 Å². The van der Waals surface area contributed by atoms with Crippen LogP contribution in [0.25, 0.3) is 0 Å². The van der Waals surface area contributed by atoms with E-state index < -0.39 is 31.4 Å². The lowest BCUT2D eigenvalue weighted by Crippen LogP contribution is -2.52. The molecule has 0 unspecified atom stereocenters. The summed E-state index contributed by atoms with van der Waals surface area (Å²) >= 11 is 0. The van der Waals surface area contributed by atoms with E-state index in [1.165, 1.54) is 13.1 Å². The molecule has 8 heteroatoms. The highest BCUT2D eigenvalue weighted by Gasteiger charge is 2.65. The van der Waals surface area contributed by atoms with Crippen molar-refractivity contribution in [2.45, 2.75) is 51.0 Å². The highest BCUT2D eigenvalue weighted by atomic mass is 28.4. The molecule has 0 radical (unpaired) electrons. The van der Waals surface area contributed by atoms with Gasteiger partial charge in [0.15, 0.2) is 0 Å². The van der Waals surface area contributed by atoms with Crippen LogP contribution in [0.1, 0.15) is 20.8 Å². The van der Waals surface area contributed by atoms with Gasteiger partial charge in [0.1, 0.15) is 0 Å². The van der Waals surface area contributed by atoms with Crippen LogP contribution in [-0.2, 0) is 9.22 Å². The molecule has 2 nitrogen and oxygen atoms in total. The van der Waals surface area contributed by atoms with Gasteiger partial charge in [-0.2, -0.15) is 22.0 Å². The van der Waals surface area contributed by atoms with Gasteiger partial charge in [0, 0.05) is 0 Å². The van der Waals surface area contributed by atoms with E-state index in [1.807, 2.05) is 0 Å². The van der Waals surface area contributed by atoms with Gasteiger partial charge in [-0.1, -0.05) is 20.8 Å². The molecule has 0 saturated carbocycles. The monoisotopic (exact) mass is 278 g/mol. The highest BCUT2D eigenvalue weighted by Crippen LogP contribution is 2.41. The molecule has 102 valence electrons. The van der Waals surface area contributed by atoms with Gasteiger partial charge in [0.05, 0.1) is 0 Å². The minimum atomic E-state index is -5.92. The van der Waals surface area contributed by atoms with Crippen LogP contribution in [0, 0.1) is 0 Å². The van der Waals surface area contributed by atoms with E-state index in [2.05, 4.69) is 4.43 Å². The highest BCUT2D eigenvalue weighted by molar-refractivity contribution is 6.75. The van der Waals surface area contributed by atoms with Crippen LogP contribution in [-0.4, -0.2) is 26.4 Å². The Morgan fingerprint density at radius 3 is 1.59 bits per heavy atom. The molecule has 0 N–H and O–H groups in total. The minimum absolute atomic E-state index is 0.635. The lowest BCUT2D eigenvalue weighted by atomic mass is 10.2. The average Bonchev–Trinajstić information content (AvgIpc) is 1.98. The Morgan fingerprint density at radius 1 is 1.00 bits per heavy atom. The zero-order valence-corrected chi connectivity index (χ0v) is 11.2. The van der Waals surface area contributed by atoms with Gasteiger partial charge in [0.25, 0.3) is 8.32 Å². The van der Waals surface area contributed by atoms with E-state index >= 15 is 0 Å². The number of halogens is 5. The van der Waals surface area contributed by atoms with Crippen LogP contribution < -0.4 is 0 Å². The van der Waals surface area contributed by atoms with Crippen molar-refractivity contribution < 1.29 is 31.2 Å². The van der Waals surface area contributed by atoms with Crippen LogP contribution in [0.2, 0.25) is 18.1 Å². The fraction of sp³-hybridized carbons (Fsp3) is 0.889. The summed E-state index contributed by atoms with van der Waals surface area (Å²) in [5.41, 5.74) is 0. The molecule has 0 bridgehead atoms. The zero-order chi connectivity index (χ0) is 14.3. The number of carbonyl (C=O) groups excluding carboxylic acids is 1. The lowest BCUT2D eigenvalue weighted by Gasteiger charge is -2.36. The van der Waals surface area contributed by atoms with E-state index in [1.54, 1.807) is 20.8 Å². The van der Waals surface area contributed by atoms with Crippen LogP contribution in [0.5, 0.6) is 0 Å². The van der Waals surface area contributed by atoms with E-state index in [-0.39, 0.29) is 0 Å². The second-order valence-corrected chi connectivity index (χ2v) is 9.95. The molecular weight excluding hydrogens is 263 g/mol. The molecule has 0 fully saturated rings. The van der Waals surface area contributed by atoms with Crippen molar-refractivity contribution in [3.8, 4) is 0 Å². The molecule has 0 rings (SSSR count). The Hall–Kier alpha value is -0.663. The quantitative estimate of drug-likeness (QED) is 0.568. The van der Waals surface area contributed by atoms with Gasteiger partial charge in [-0.25, -0.2) is 4.79 Å². The molecular formula is C9H15F5O2Si. The number of hydrogen-bond donors (Lipinski definition) is 0. The van der Waals surface area contributed by atoms with Crippen LogP contribution in [0.15, 0.2) is 0 Å². The summed E-state index contributed by atoms with van der Waals surface area (Å²) in [5, 5.41) is -0.635. The molecule has 0 aromatic heterocycles. The van der Waals surface area contributed by atoms with E-state index in [9.17, 15) is 26.7 Å². The topological polar surface area (TPSA) is 26.3 Å². The second-order valence-electron chi connectivity index (χ2n) is 5.22. The number of rotatable bonds is 2. The van der Waals surface area contributed by atoms with E-state index in [0.717, 1.165) is 0 Å². The Kier molecular flexibility index (Phi) is 4.05. The van der Waals surface area contributed by atoms with Gasteiger partial charge in [-0.05, 0) is 18.1 Å². The Bertz CT molecular complexity index is 303. The maximum atomic E-state index is 12.7. The first-order valence-corrected chi connectivity index (χ1v) is 7.72. The SMILES string of the molecule is CC(C)(C)[Si](C)(C)OC(=O)C(F)(F)C(F)(F)F. The fourth-order valence-electron chi connectivity index (χ4n) is 0.565. The van der Waals surface area contributed by atoms with Crippen molar-refractivity contribution >= 4 is 14.3 Å². The van der Waals surface area contributed by atoms with Crippen LogP contribution in [0.3, 0.4) is 0 Å². The van der Waals surface area contributed by atoms with Crippen molar-refractivity contribution in [3.63, 3.8) is 0 Å². The van der Waals surface area contributed by atoms with E-state index in [0.29, 0.717) is 0 Å². The first kappa shape index (κ1) is 16.3. The smallest absolute Gasteiger partial charge is 0.465 e. The van der Waals surface area contributed by atoms with Gasteiger partial charge in [-0.15, -0.1) is 0 Å². The fourth-order valence-corrected chi connectivity index (χ4v) is 1.46. The molecule has 0 saturated heterocycles. The Balaban J connectivity index is 5.02. The maximum absolute atomic E-state index is 12.7. The minimum Gasteiger partial charge on any atom is -0.514 e. The summed E-state index contributed by atoms with van der Waals surface area (Å²) in [4.78, 5) is 10.9. The molecule has 0 spiro atoms. The lowest BCUT2D eigenvalue weighted by molar-refractivity contribution is -0.277. The van der Waals surface area contributed by atoms with Crippen molar-refractivity contribution in [1.29, 1.82) is 0 Å². The maximum Gasteiger partial charge on any atom is 0.465 e. The summed E-state index contributed by atoms with van der Waals surface area (Å²) in [6, 6.07) is 0. The first-order valence-electron chi connectivity index (χ1n) is 4.81. The normalized spacial score (nSPS) is 14.7. The predicted molar refractivity (Wildman–Crippen MR) is 54.3 cm³/mol. The van der Waals surface area contributed by atoms with Crippen LogP contribution >= 0.6 is 0 Å². The predicted octanol–water partition coefficient (Wildman–Crippen LogP) is 3.73. The number of hydrogen-bond acceptors (Lipinski definition) is 2. The molecule has 0 atom stereocenters. The van der Waals surface area contributed by atoms with Gasteiger partial charge < -0.3 is 4.43 Å². The summed E-state index contributed by atoms with van der Waals surface area (Å²) < 4.78 is 65.5. The zero-order valence-electron chi connectivity index (χ0n) is 10.2. The number of carbonyl (C=O) groups is 1. The number of alkyl halides is 5. The summed E-state index contributed by atoms with van der Waals surface area (Å²) in [6.07, 6.45) is -5.92. The van der Waals surface area contributed by atoms with Gasteiger partial charge in [0.2, 0.25) is 0 Å². The molecule has 0 aliphatic rings. The Labute approximate surface area is 97.3 Å². The molecule has 0 aliphatic carbocycles.